The average Bonchev–Trinajstić information content (AvgIpc) is 3.10. The summed E-state index contributed by atoms with van der Waals surface area (Å²) in [6.45, 7) is 8.17. The summed E-state index contributed by atoms with van der Waals surface area (Å²) < 4.78 is 5.80. The first-order chi connectivity index (χ1) is 10.2. The van der Waals surface area contributed by atoms with Crippen molar-refractivity contribution in [3.63, 3.8) is 0 Å². The molecule has 2 aliphatic rings. The molecule has 1 aromatic heterocycles. The number of nitrogens with one attached hydrogen (secondary N) is 1. The molecule has 0 bridgehead atoms. The minimum atomic E-state index is 0.636. The number of hydrogen-bond donors (Lipinski definition) is 1. The van der Waals surface area contributed by atoms with Crippen LogP contribution in [0.25, 0.3) is 0 Å². The molecule has 118 valence electrons. The van der Waals surface area contributed by atoms with Crippen LogP contribution in [0.5, 0.6) is 0 Å². The molecule has 0 radical (unpaired) electrons. The maximum Gasteiger partial charge on any atom is 0.318 e. The summed E-state index contributed by atoms with van der Waals surface area (Å²) in [7, 11) is 0. The Balaban J connectivity index is 1.50. The van der Waals surface area contributed by atoms with Crippen LogP contribution in [0.2, 0.25) is 0 Å². The monoisotopic (exact) mass is 292 g/mol. The van der Waals surface area contributed by atoms with Gasteiger partial charge >= 0.3 is 6.01 Å². The summed E-state index contributed by atoms with van der Waals surface area (Å²) in [5.41, 5.74) is 0.637. The number of piperidine rings is 1. The van der Waals surface area contributed by atoms with Gasteiger partial charge in [-0.2, -0.15) is 0 Å². The predicted molar refractivity (Wildman–Crippen MR) is 83.2 cm³/mol. The molecule has 1 aromatic rings. The first-order valence-electron chi connectivity index (χ1n) is 8.45. The summed E-state index contributed by atoms with van der Waals surface area (Å²) in [4.78, 5) is 2.27. The fourth-order valence-electron chi connectivity index (χ4n) is 3.71. The van der Waals surface area contributed by atoms with E-state index in [2.05, 4.69) is 34.3 Å². The van der Waals surface area contributed by atoms with Crippen molar-refractivity contribution in [2.45, 2.75) is 58.9 Å². The van der Waals surface area contributed by atoms with Crippen LogP contribution in [0.3, 0.4) is 0 Å². The molecular weight excluding hydrogens is 264 g/mol. The first-order valence-corrected chi connectivity index (χ1v) is 8.45. The second-order valence-corrected chi connectivity index (χ2v) is 7.20. The topological polar surface area (TPSA) is 54.2 Å². The van der Waals surface area contributed by atoms with Gasteiger partial charge in [0.2, 0.25) is 5.89 Å². The molecule has 1 spiro atoms. The van der Waals surface area contributed by atoms with Gasteiger partial charge in [-0.1, -0.05) is 31.8 Å². The van der Waals surface area contributed by atoms with E-state index in [1.165, 1.54) is 38.5 Å². The number of hydrogen-bond acceptors (Lipinski definition) is 5. The molecule has 0 amide bonds. The second-order valence-electron chi connectivity index (χ2n) is 7.20. The molecule has 21 heavy (non-hydrogen) atoms. The lowest BCUT2D eigenvalue weighted by Gasteiger charge is -2.38. The van der Waals surface area contributed by atoms with E-state index in [-0.39, 0.29) is 0 Å². The van der Waals surface area contributed by atoms with Crippen molar-refractivity contribution in [1.82, 2.24) is 15.5 Å². The zero-order valence-corrected chi connectivity index (χ0v) is 13.4. The lowest BCUT2D eigenvalue weighted by Crippen LogP contribution is -2.39. The average molecular weight is 292 g/mol. The Morgan fingerprint density at radius 2 is 1.86 bits per heavy atom. The predicted octanol–water partition coefficient (Wildman–Crippen LogP) is 2.98. The largest absolute Gasteiger partial charge is 0.407 e. The van der Waals surface area contributed by atoms with Gasteiger partial charge in [0.05, 0.1) is 6.54 Å². The smallest absolute Gasteiger partial charge is 0.318 e. The van der Waals surface area contributed by atoms with Gasteiger partial charge in [0.15, 0.2) is 0 Å². The van der Waals surface area contributed by atoms with Crippen LogP contribution in [-0.4, -0.2) is 29.8 Å². The Morgan fingerprint density at radius 3 is 2.52 bits per heavy atom. The molecule has 2 fully saturated rings. The molecule has 1 saturated carbocycles. The molecular formula is C16H28N4O. The maximum atomic E-state index is 5.80. The summed E-state index contributed by atoms with van der Waals surface area (Å²) >= 11 is 0. The van der Waals surface area contributed by atoms with Crippen LogP contribution in [0.4, 0.5) is 6.01 Å². The van der Waals surface area contributed by atoms with Crippen molar-refractivity contribution >= 4 is 6.01 Å². The number of rotatable bonds is 5. The van der Waals surface area contributed by atoms with Crippen LogP contribution in [0, 0.1) is 11.3 Å². The van der Waals surface area contributed by atoms with Crippen molar-refractivity contribution in [2.75, 3.05) is 24.5 Å². The summed E-state index contributed by atoms with van der Waals surface area (Å²) in [6, 6.07) is 0.712. The Morgan fingerprint density at radius 1 is 1.14 bits per heavy atom. The van der Waals surface area contributed by atoms with Crippen LogP contribution in [-0.2, 0) is 6.54 Å². The molecule has 5 heteroatoms. The molecule has 1 N–H and O–H groups in total. The lowest BCUT2D eigenvalue weighted by atomic mass is 9.77. The fourth-order valence-corrected chi connectivity index (χ4v) is 3.71. The number of nitrogens with zero attached hydrogens (tertiary/aromatic N) is 3. The minimum absolute atomic E-state index is 0.636. The SMILES string of the molecule is CC(C)CNCc1nnc(N2CCC3(CCCC3)CC2)o1. The van der Waals surface area contributed by atoms with E-state index >= 15 is 0 Å². The van der Waals surface area contributed by atoms with E-state index in [1.54, 1.807) is 0 Å². The van der Waals surface area contributed by atoms with E-state index in [0.717, 1.165) is 19.6 Å². The van der Waals surface area contributed by atoms with Crippen molar-refractivity contribution in [2.24, 2.45) is 11.3 Å². The highest BCUT2D eigenvalue weighted by molar-refractivity contribution is 5.25. The van der Waals surface area contributed by atoms with Gasteiger partial charge in [0, 0.05) is 13.1 Å². The van der Waals surface area contributed by atoms with E-state index in [9.17, 15) is 0 Å². The quantitative estimate of drug-likeness (QED) is 0.904. The molecule has 0 aromatic carbocycles. The van der Waals surface area contributed by atoms with Crippen LogP contribution in [0.1, 0.15) is 58.3 Å². The van der Waals surface area contributed by atoms with Crippen molar-refractivity contribution in [3.05, 3.63) is 5.89 Å². The van der Waals surface area contributed by atoms with Gasteiger partial charge in [-0.25, -0.2) is 0 Å². The van der Waals surface area contributed by atoms with Gasteiger partial charge in [-0.15, -0.1) is 5.10 Å². The first kappa shape index (κ1) is 14.8. The normalized spacial score (nSPS) is 21.6. The molecule has 0 atom stereocenters. The summed E-state index contributed by atoms with van der Waals surface area (Å²) in [5.74, 6) is 1.34. The zero-order chi connectivity index (χ0) is 14.7. The van der Waals surface area contributed by atoms with E-state index in [4.69, 9.17) is 4.42 Å². The van der Waals surface area contributed by atoms with E-state index < -0.39 is 0 Å². The fraction of sp³-hybridized carbons (Fsp3) is 0.875. The van der Waals surface area contributed by atoms with Gasteiger partial charge in [-0.05, 0) is 43.6 Å². The van der Waals surface area contributed by atoms with Crippen LogP contribution >= 0.6 is 0 Å². The van der Waals surface area contributed by atoms with E-state index in [0.29, 0.717) is 29.8 Å². The summed E-state index contributed by atoms with van der Waals surface area (Å²) in [5, 5.41) is 11.7. The zero-order valence-electron chi connectivity index (χ0n) is 13.4. The van der Waals surface area contributed by atoms with Gasteiger partial charge < -0.3 is 14.6 Å². The summed E-state index contributed by atoms with van der Waals surface area (Å²) in [6.07, 6.45) is 8.27. The Hall–Kier alpha value is -1.10. The highest BCUT2D eigenvalue weighted by Crippen LogP contribution is 2.46. The van der Waals surface area contributed by atoms with Gasteiger partial charge in [0.1, 0.15) is 0 Å². The number of aromatic nitrogens is 2. The lowest BCUT2D eigenvalue weighted by molar-refractivity contribution is 0.222. The molecule has 5 nitrogen and oxygen atoms in total. The maximum absolute atomic E-state index is 5.80. The van der Waals surface area contributed by atoms with Crippen molar-refractivity contribution in [1.29, 1.82) is 0 Å². The minimum Gasteiger partial charge on any atom is -0.407 e. The molecule has 1 aliphatic heterocycles. The number of anilines is 1. The Labute approximate surface area is 127 Å². The molecule has 0 unspecified atom stereocenters. The van der Waals surface area contributed by atoms with Crippen molar-refractivity contribution < 1.29 is 4.42 Å². The van der Waals surface area contributed by atoms with E-state index in [1.807, 2.05) is 0 Å². The Kier molecular flexibility index (Phi) is 4.48. The van der Waals surface area contributed by atoms with Gasteiger partial charge in [0.25, 0.3) is 0 Å². The highest BCUT2D eigenvalue weighted by atomic mass is 16.4. The second kappa shape index (κ2) is 6.34. The third-order valence-electron chi connectivity index (χ3n) is 5.04. The third kappa shape index (κ3) is 3.57. The Bertz CT molecular complexity index is 441. The molecule has 1 aliphatic carbocycles. The molecule has 2 heterocycles. The van der Waals surface area contributed by atoms with Crippen LogP contribution < -0.4 is 10.2 Å². The standard InChI is InChI=1S/C16H28N4O/c1-13(2)11-17-12-14-18-19-15(21-14)20-9-7-16(8-10-20)5-3-4-6-16/h13,17H,3-12H2,1-2H3. The molecule has 3 rings (SSSR count). The van der Waals surface area contributed by atoms with Gasteiger partial charge in [-0.3, -0.25) is 0 Å². The third-order valence-corrected chi connectivity index (χ3v) is 5.04. The van der Waals surface area contributed by atoms with Crippen molar-refractivity contribution in [3.8, 4) is 0 Å². The molecule has 1 saturated heterocycles. The van der Waals surface area contributed by atoms with Crippen LogP contribution in [0.15, 0.2) is 4.42 Å². The highest BCUT2D eigenvalue weighted by Gasteiger charge is 2.37.